The van der Waals surface area contributed by atoms with Gasteiger partial charge in [0.1, 0.15) is 11.4 Å². The molecule has 140 valence electrons. The summed E-state index contributed by atoms with van der Waals surface area (Å²) in [4.78, 5) is 12.0. The number of hydrogen-bond acceptors (Lipinski definition) is 3. The lowest BCUT2D eigenvalue weighted by molar-refractivity contribution is 0.101. The molecule has 0 unspecified atom stereocenters. The number of carbonyl (C=O) groups excluding carboxylic acids is 1. The molecule has 0 radical (unpaired) electrons. The molecule has 3 rings (SSSR count). The van der Waals surface area contributed by atoms with E-state index in [0.717, 1.165) is 0 Å². The first-order valence-electron chi connectivity index (χ1n) is 7.42. The minimum atomic E-state index is -2.31. The zero-order chi connectivity index (χ0) is 19.6. The molecule has 0 aliphatic heterocycles. The summed E-state index contributed by atoms with van der Waals surface area (Å²) < 4.78 is 73.2. The van der Waals surface area contributed by atoms with E-state index in [1.54, 1.807) is 35.6 Å². The second-order valence-electron chi connectivity index (χ2n) is 5.23. The van der Waals surface area contributed by atoms with Gasteiger partial charge in [-0.1, -0.05) is 18.2 Å². The molecule has 0 spiro atoms. The summed E-state index contributed by atoms with van der Waals surface area (Å²) in [6, 6.07) is 9.88. The largest absolute Gasteiger partial charge is 0.471 e. The van der Waals surface area contributed by atoms with Crippen molar-refractivity contribution in [1.29, 1.82) is 0 Å². The van der Waals surface area contributed by atoms with Gasteiger partial charge < -0.3 is 10.1 Å². The van der Waals surface area contributed by atoms with Crippen LogP contribution < -0.4 is 10.1 Å². The van der Waals surface area contributed by atoms with Gasteiger partial charge in [0.2, 0.25) is 5.82 Å². The molecule has 0 saturated heterocycles. The Hall–Kier alpha value is -3.43. The molecular formula is C17H10F5N3O2. The quantitative estimate of drug-likeness (QED) is 0.414. The number of para-hydroxylation sites is 1. The van der Waals surface area contributed by atoms with Crippen molar-refractivity contribution in [3.8, 4) is 5.75 Å². The lowest BCUT2D eigenvalue weighted by atomic mass is 10.2. The molecule has 1 aromatic heterocycles. The lowest BCUT2D eigenvalue weighted by Gasteiger charge is -2.09. The van der Waals surface area contributed by atoms with E-state index in [-0.39, 0.29) is 12.4 Å². The third kappa shape index (κ3) is 3.73. The Kier molecular flexibility index (Phi) is 5.06. The first kappa shape index (κ1) is 18.4. The van der Waals surface area contributed by atoms with E-state index in [1.807, 2.05) is 0 Å². The number of halogens is 5. The van der Waals surface area contributed by atoms with Gasteiger partial charge in [0.25, 0.3) is 5.91 Å². The molecule has 2 aromatic carbocycles. The Labute approximate surface area is 149 Å². The van der Waals surface area contributed by atoms with Crippen molar-refractivity contribution < 1.29 is 31.5 Å². The zero-order valence-electron chi connectivity index (χ0n) is 13.3. The van der Waals surface area contributed by atoms with Crippen molar-refractivity contribution in [1.82, 2.24) is 9.78 Å². The Bertz CT molecular complexity index is 963. The third-order valence-electron chi connectivity index (χ3n) is 3.43. The van der Waals surface area contributed by atoms with E-state index >= 15 is 0 Å². The van der Waals surface area contributed by atoms with E-state index in [4.69, 9.17) is 4.74 Å². The van der Waals surface area contributed by atoms with Crippen LogP contribution in [-0.4, -0.2) is 15.7 Å². The van der Waals surface area contributed by atoms with Gasteiger partial charge in [-0.15, -0.1) is 0 Å². The van der Waals surface area contributed by atoms with Crippen molar-refractivity contribution in [3.05, 3.63) is 77.4 Å². The van der Waals surface area contributed by atoms with Crippen LogP contribution in [0.4, 0.5) is 27.6 Å². The maximum Gasteiger partial charge on any atom is 0.276 e. The Morgan fingerprint density at radius 2 is 1.52 bits per heavy atom. The third-order valence-corrected chi connectivity index (χ3v) is 3.43. The van der Waals surface area contributed by atoms with Crippen molar-refractivity contribution in [3.63, 3.8) is 0 Å². The highest BCUT2D eigenvalue weighted by molar-refractivity contribution is 6.02. The maximum atomic E-state index is 13.6. The van der Waals surface area contributed by atoms with Crippen LogP contribution in [-0.2, 0) is 6.73 Å². The highest BCUT2D eigenvalue weighted by atomic mass is 19.2. The van der Waals surface area contributed by atoms with Gasteiger partial charge in [0.05, 0.1) is 0 Å². The first-order chi connectivity index (χ1) is 12.9. The van der Waals surface area contributed by atoms with Gasteiger partial charge in [-0.3, -0.25) is 4.79 Å². The van der Waals surface area contributed by atoms with Gasteiger partial charge in [-0.05, 0) is 18.2 Å². The van der Waals surface area contributed by atoms with Crippen LogP contribution in [0.15, 0.2) is 42.6 Å². The highest BCUT2D eigenvalue weighted by Crippen LogP contribution is 2.27. The van der Waals surface area contributed by atoms with Gasteiger partial charge in [0, 0.05) is 6.20 Å². The first-order valence-corrected chi connectivity index (χ1v) is 7.42. The number of ether oxygens (including phenoxy) is 1. The summed E-state index contributed by atoms with van der Waals surface area (Å²) in [5.74, 6) is -11.5. The fraction of sp³-hybridized carbons (Fsp3) is 0.0588. The molecule has 0 fully saturated rings. The van der Waals surface area contributed by atoms with Crippen molar-refractivity contribution in [2.24, 2.45) is 0 Å². The topological polar surface area (TPSA) is 56.2 Å². The number of anilines is 1. The van der Waals surface area contributed by atoms with Crippen molar-refractivity contribution in [2.45, 2.75) is 6.73 Å². The number of rotatable bonds is 5. The zero-order valence-corrected chi connectivity index (χ0v) is 13.3. The fourth-order valence-corrected chi connectivity index (χ4v) is 2.10. The monoisotopic (exact) mass is 383 g/mol. The minimum Gasteiger partial charge on any atom is -0.471 e. The second kappa shape index (κ2) is 7.44. The van der Waals surface area contributed by atoms with Crippen LogP contribution in [0, 0.1) is 29.1 Å². The predicted molar refractivity (Wildman–Crippen MR) is 83.5 cm³/mol. The SMILES string of the molecule is O=C(Nc1c(F)c(F)c(F)c(F)c1F)c1ccn(COc2ccccc2)n1. The molecule has 27 heavy (non-hydrogen) atoms. The smallest absolute Gasteiger partial charge is 0.276 e. The highest BCUT2D eigenvalue weighted by Gasteiger charge is 2.27. The molecule has 0 atom stereocenters. The number of benzene rings is 2. The van der Waals surface area contributed by atoms with Crippen LogP contribution in [0.1, 0.15) is 10.5 Å². The number of aromatic nitrogens is 2. The van der Waals surface area contributed by atoms with Crippen LogP contribution in [0.25, 0.3) is 0 Å². The van der Waals surface area contributed by atoms with E-state index in [9.17, 15) is 26.7 Å². The van der Waals surface area contributed by atoms with E-state index < -0.39 is 40.7 Å². The van der Waals surface area contributed by atoms with Crippen molar-refractivity contribution >= 4 is 11.6 Å². The van der Waals surface area contributed by atoms with E-state index in [1.165, 1.54) is 16.9 Å². The normalized spacial score (nSPS) is 10.7. The number of amides is 1. The number of hydrogen-bond donors (Lipinski definition) is 1. The molecule has 1 heterocycles. The Balaban J connectivity index is 1.74. The molecule has 1 N–H and O–H groups in total. The summed E-state index contributed by atoms with van der Waals surface area (Å²) in [5, 5.41) is 5.45. The molecule has 3 aromatic rings. The Morgan fingerprint density at radius 3 is 2.15 bits per heavy atom. The molecule has 1 amide bonds. The summed E-state index contributed by atoms with van der Waals surface area (Å²) in [7, 11) is 0. The van der Waals surface area contributed by atoms with E-state index in [0.29, 0.717) is 5.75 Å². The maximum absolute atomic E-state index is 13.6. The number of nitrogens with zero attached hydrogens (tertiary/aromatic N) is 2. The number of nitrogens with one attached hydrogen (secondary N) is 1. The average Bonchev–Trinajstić information content (AvgIpc) is 3.16. The molecule has 0 aliphatic carbocycles. The van der Waals surface area contributed by atoms with Crippen LogP contribution in [0.3, 0.4) is 0 Å². The van der Waals surface area contributed by atoms with Crippen molar-refractivity contribution in [2.75, 3.05) is 5.32 Å². The summed E-state index contributed by atoms with van der Waals surface area (Å²) in [6.45, 7) is -0.0696. The van der Waals surface area contributed by atoms with Crippen LogP contribution in [0.5, 0.6) is 5.75 Å². The van der Waals surface area contributed by atoms with Gasteiger partial charge in [-0.25, -0.2) is 26.6 Å². The minimum absolute atomic E-state index is 0.0696. The summed E-state index contributed by atoms with van der Waals surface area (Å²) in [6.07, 6.45) is 1.34. The molecule has 0 bridgehead atoms. The molecule has 0 saturated carbocycles. The van der Waals surface area contributed by atoms with E-state index in [2.05, 4.69) is 5.10 Å². The standard InChI is InChI=1S/C17H10F5N3O2/c18-11-12(19)14(21)16(15(22)13(11)20)23-17(26)10-6-7-25(24-10)8-27-9-4-2-1-3-5-9/h1-7H,8H2,(H,23,26). The fourth-order valence-electron chi connectivity index (χ4n) is 2.10. The molecule has 0 aliphatic rings. The number of carbonyl (C=O) groups is 1. The summed E-state index contributed by atoms with van der Waals surface area (Å²) in [5.41, 5.74) is -1.76. The second-order valence-corrected chi connectivity index (χ2v) is 5.23. The van der Waals surface area contributed by atoms with Gasteiger partial charge in [0.15, 0.2) is 35.7 Å². The summed E-state index contributed by atoms with van der Waals surface area (Å²) >= 11 is 0. The van der Waals surface area contributed by atoms with Crippen LogP contribution >= 0.6 is 0 Å². The van der Waals surface area contributed by atoms with Crippen LogP contribution in [0.2, 0.25) is 0 Å². The molecule has 5 nitrogen and oxygen atoms in total. The average molecular weight is 383 g/mol. The predicted octanol–water partition coefficient (Wildman–Crippen LogP) is 3.87. The van der Waals surface area contributed by atoms with Gasteiger partial charge >= 0.3 is 0 Å². The van der Waals surface area contributed by atoms with Gasteiger partial charge in [-0.2, -0.15) is 5.10 Å². The lowest BCUT2D eigenvalue weighted by Crippen LogP contribution is -2.18. The Morgan fingerprint density at radius 1 is 0.926 bits per heavy atom. The molecular weight excluding hydrogens is 373 g/mol. The molecule has 10 heteroatoms.